The summed E-state index contributed by atoms with van der Waals surface area (Å²) < 4.78 is 0. The minimum absolute atomic E-state index is 0. The van der Waals surface area contributed by atoms with E-state index in [0.717, 1.165) is 102 Å². The van der Waals surface area contributed by atoms with Gasteiger partial charge in [-0.25, -0.2) is 0 Å². The Morgan fingerprint density at radius 3 is 0.440 bits per heavy atom. The Bertz CT molecular complexity index is 3640. The van der Waals surface area contributed by atoms with Gasteiger partial charge in [-0.15, -0.1) is 0 Å². The van der Waals surface area contributed by atoms with Crippen LogP contribution in [-0.4, -0.2) is 72.9 Å². The van der Waals surface area contributed by atoms with Gasteiger partial charge in [0.15, 0.2) is 25.2 Å². The van der Waals surface area contributed by atoms with E-state index in [1.165, 1.54) is 44.5 Å². The average Bonchev–Trinajstić information content (AvgIpc) is 0.814. The predicted molar refractivity (Wildman–Crippen MR) is 403 cm³/mol. The fourth-order valence-electron chi connectivity index (χ4n) is 11.5. The molecule has 516 valence electrons. The van der Waals surface area contributed by atoms with Crippen molar-refractivity contribution in [2.24, 2.45) is 5.73 Å². The molecule has 0 heterocycles. The molecule has 0 aliphatic heterocycles. The molecule has 10 nitrogen and oxygen atoms in total. The summed E-state index contributed by atoms with van der Waals surface area (Å²) in [7, 11) is 4.01. The molecule has 0 fully saturated rings. The van der Waals surface area contributed by atoms with Crippen LogP contribution in [0, 0.1) is 55.4 Å². The van der Waals surface area contributed by atoms with E-state index in [4.69, 9.17) is 5.73 Å². The van der Waals surface area contributed by atoms with Crippen LogP contribution in [0.3, 0.4) is 0 Å². The normalized spacial score (nSPS) is 10.7. The summed E-state index contributed by atoms with van der Waals surface area (Å²) in [5, 5.41) is 79.8. The smallest absolute Gasteiger partial charge is 0.364 e. The van der Waals surface area contributed by atoms with Gasteiger partial charge in [-0.1, -0.05) is 311 Å². The molecular weight excluding hydrogens is 1320 g/mol. The summed E-state index contributed by atoms with van der Waals surface area (Å²) in [6.07, 6.45) is -6.10. The van der Waals surface area contributed by atoms with Crippen LogP contribution in [0.15, 0.2) is 267 Å². The van der Waals surface area contributed by atoms with Gasteiger partial charge in [-0.2, -0.15) is 0 Å². The third-order valence-electron chi connectivity index (χ3n) is 16.9. The van der Waals surface area contributed by atoms with E-state index in [1.54, 1.807) is 0 Å². The van der Waals surface area contributed by atoms with Crippen LogP contribution in [0.5, 0.6) is 0 Å². The molecule has 12 aromatic rings. The van der Waals surface area contributed by atoms with E-state index < -0.39 is 25.2 Å². The van der Waals surface area contributed by atoms with Crippen molar-refractivity contribution in [2.75, 3.05) is 27.2 Å². The molecule has 10 N–H and O–H groups in total. The molecule has 0 bridgehead atoms. The molecule has 12 heteroatoms. The third kappa shape index (κ3) is 21.9. The monoisotopic (exact) mass is 1420 g/mol. The second kappa shape index (κ2) is 38.7. The maximum Gasteiger partial charge on any atom is 2.00 e. The molecule has 0 saturated heterocycles. The SMILES string of the molecule is CN(C)CCN.Cc1ccc(-c2cccc(-c3ccc(C)cc3)c2C(O)O)cc1.Cc1ccc(-c2cccc(-c3ccc(C)cc3)c2C(O)O)cc1.Cc1ccc(-c2cccc(-c3ccc(C)cc3)c2C(O)O)cc1.Cc1ccc(-c2cccc(-c3ccc(C)cc3)c2C(O)O)cc1.[Fe+2].[Fe]. The summed E-state index contributed by atoms with van der Waals surface area (Å²) in [5.41, 5.74) is 31.4. The fraction of sp³-hybridized carbons (Fsp3) is 0.182. The van der Waals surface area contributed by atoms with Crippen LogP contribution in [0.25, 0.3) is 89.0 Å². The molecule has 0 unspecified atom stereocenters. The number of aliphatic hydroxyl groups excluding tert-OH is 4. The Labute approximate surface area is 612 Å². The Morgan fingerprint density at radius 1 is 0.240 bits per heavy atom. The van der Waals surface area contributed by atoms with Gasteiger partial charge >= 0.3 is 17.1 Å². The van der Waals surface area contributed by atoms with E-state index in [1.807, 2.05) is 336 Å². The molecule has 0 radical (unpaired) electrons. The largest absolute Gasteiger partial charge is 2.00 e. The molecule has 0 aliphatic rings. The van der Waals surface area contributed by atoms with Crippen molar-refractivity contribution in [3.8, 4) is 89.0 Å². The van der Waals surface area contributed by atoms with Gasteiger partial charge in [-0.3, -0.25) is 0 Å². The van der Waals surface area contributed by atoms with Crippen molar-refractivity contribution >= 4 is 0 Å². The first-order chi connectivity index (χ1) is 47.0. The zero-order chi connectivity index (χ0) is 70.6. The van der Waals surface area contributed by atoms with E-state index in [-0.39, 0.29) is 34.1 Å². The zero-order valence-electron chi connectivity index (χ0n) is 58.4. The van der Waals surface area contributed by atoms with E-state index in [9.17, 15) is 40.9 Å². The van der Waals surface area contributed by atoms with Crippen molar-refractivity contribution in [3.05, 3.63) is 334 Å². The number of hydrogen-bond acceptors (Lipinski definition) is 10. The van der Waals surface area contributed by atoms with E-state index in [2.05, 4.69) is 4.90 Å². The Balaban J connectivity index is 0.000000203. The number of nitrogens with zero attached hydrogens (tertiary/aromatic N) is 1. The molecule has 0 aromatic heterocycles. The number of likely N-dealkylation sites (N-methyl/N-ethyl adjacent to an activating group) is 1. The molecular formula is C88H92Fe2N2O8+2. The van der Waals surface area contributed by atoms with Gasteiger partial charge < -0.3 is 51.5 Å². The van der Waals surface area contributed by atoms with Gasteiger partial charge in [0.25, 0.3) is 0 Å². The van der Waals surface area contributed by atoms with Crippen LogP contribution in [0.2, 0.25) is 0 Å². The summed E-state index contributed by atoms with van der Waals surface area (Å²) in [4.78, 5) is 2.06. The number of hydrogen-bond donors (Lipinski definition) is 9. The standard InChI is InChI=1S/4C21H20O2.C4H12N2.2Fe/c4*1-14-6-10-16(11-7-14)18-4-3-5-19(20(18)21(22)23)17-12-8-15(2)9-13-17;1-6(2)4-3-5;;/h4*3-13,21-23H,1-2H3;3-5H2,1-2H3;;/q;;;;;;+2. The zero-order valence-corrected chi connectivity index (χ0v) is 60.6. The molecule has 12 rings (SSSR count). The molecule has 0 aliphatic carbocycles. The maximum absolute atomic E-state index is 9.97. The molecule has 0 amide bonds. The van der Waals surface area contributed by atoms with Gasteiger partial charge in [0, 0.05) is 52.4 Å². The van der Waals surface area contributed by atoms with Crippen molar-refractivity contribution in [2.45, 2.75) is 80.6 Å². The van der Waals surface area contributed by atoms with Crippen LogP contribution in [0.1, 0.15) is 91.9 Å². The minimum Gasteiger partial charge on any atom is -0.364 e. The Morgan fingerprint density at radius 2 is 0.360 bits per heavy atom. The van der Waals surface area contributed by atoms with Crippen molar-refractivity contribution in [1.29, 1.82) is 0 Å². The molecule has 0 saturated carbocycles. The second-order valence-corrected chi connectivity index (χ2v) is 25.1. The number of rotatable bonds is 14. The van der Waals surface area contributed by atoms with E-state index in [0.29, 0.717) is 22.3 Å². The molecule has 0 spiro atoms. The van der Waals surface area contributed by atoms with Gasteiger partial charge in [0.2, 0.25) is 0 Å². The van der Waals surface area contributed by atoms with Crippen molar-refractivity contribution in [1.82, 2.24) is 4.90 Å². The first-order valence-corrected chi connectivity index (χ1v) is 32.9. The quantitative estimate of drug-likeness (QED) is 0.0374. The van der Waals surface area contributed by atoms with Crippen LogP contribution in [0.4, 0.5) is 0 Å². The first kappa shape index (κ1) is 80.3. The maximum atomic E-state index is 9.97. The summed E-state index contributed by atoms with van der Waals surface area (Å²) >= 11 is 0. The van der Waals surface area contributed by atoms with Crippen molar-refractivity contribution < 1.29 is 75.0 Å². The number of aryl methyl sites for hydroxylation is 8. The van der Waals surface area contributed by atoms with E-state index >= 15 is 0 Å². The summed E-state index contributed by atoms with van der Waals surface area (Å²) in [5.74, 6) is 0. The van der Waals surface area contributed by atoms with Crippen LogP contribution in [-0.2, 0) is 34.1 Å². The molecule has 0 atom stereocenters. The summed E-state index contributed by atoms with van der Waals surface area (Å²) in [6, 6.07) is 87.9. The average molecular weight is 1420 g/mol. The molecule has 100 heavy (non-hydrogen) atoms. The number of nitrogens with two attached hydrogens (primary N) is 1. The van der Waals surface area contributed by atoms with Gasteiger partial charge in [0.05, 0.1) is 0 Å². The van der Waals surface area contributed by atoms with Gasteiger partial charge in [0.1, 0.15) is 0 Å². The third-order valence-corrected chi connectivity index (χ3v) is 16.9. The second-order valence-electron chi connectivity index (χ2n) is 25.1. The molecule has 12 aromatic carbocycles. The summed E-state index contributed by atoms with van der Waals surface area (Å²) in [6.45, 7) is 18.0. The minimum atomic E-state index is -1.52. The Kier molecular flexibility index (Phi) is 31.1. The van der Waals surface area contributed by atoms with Gasteiger partial charge in [-0.05, 0) is 159 Å². The number of benzene rings is 12. The fourth-order valence-corrected chi connectivity index (χ4v) is 11.5. The predicted octanol–water partition coefficient (Wildman–Crippen LogP) is 18.0. The van der Waals surface area contributed by atoms with Crippen molar-refractivity contribution in [3.63, 3.8) is 0 Å². The first-order valence-electron chi connectivity index (χ1n) is 32.9. The Hall–Kier alpha value is -8.72. The number of aliphatic hydroxyl groups is 8. The topological polar surface area (TPSA) is 191 Å². The van der Waals surface area contributed by atoms with Crippen LogP contribution < -0.4 is 5.73 Å². The van der Waals surface area contributed by atoms with Crippen LogP contribution >= 0.6 is 0 Å².